The molecule has 1 fully saturated rings. The van der Waals surface area contributed by atoms with Gasteiger partial charge in [-0.15, -0.1) is 0 Å². The van der Waals surface area contributed by atoms with Crippen molar-refractivity contribution in [3.8, 4) is 0 Å². The molecule has 0 bridgehead atoms. The van der Waals surface area contributed by atoms with Crippen LogP contribution in [0.25, 0.3) is 0 Å². The van der Waals surface area contributed by atoms with E-state index >= 15 is 0 Å². The zero-order chi connectivity index (χ0) is 9.68. The van der Waals surface area contributed by atoms with E-state index in [9.17, 15) is 4.79 Å². The molecule has 0 saturated carbocycles. The van der Waals surface area contributed by atoms with E-state index in [4.69, 9.17) is 0 Å². The summed E-state index contributed by atoms with van der Waals surface area (Å²) < 4.78 is 0. The van der Waals surface area contributed by atoms with E-state index in [1.807, 2.05) is 11.8 Å². The molecule has 0 aliphatic carbocycles. The molecule has 1 aliphatic rings. The SMILES string of the molecule is CCCN1CCN(C(=O)CC)CC1. The molecule has 1 amide bonds. The average Bonchev–Trinajstić information content (AvgIpc) is 2.18. The topological polar surface area (TPSA) is 23.6 Å². The summed E-state index contributed by atoms with van der Waals surface area (Å²) in [6.45, 7) is 9.26. The van der Waals surface area contributed by atoms with Gasteiger partial charge in [-0.25, -0.2) is 0 Å². The minimum absolute atomic E-state index is 0.302. The van der Waals surface area contributed by atoms with Crippen LogP contribution in [0.1, 0.15) is 26.7 Å². The highest BCUT2D eigenvalue weighted by Gasteiger charge is 2.18. The summed E-state index contributed by atoms with van der Waals surface area (Å²) in [5.41, 5.74) is 0. The Balaban J connectivity index is 2.26. The lowest BCUT2D eigenvalue weighted by atomic mass is 10.2. The van der Waals surface area contributed by atoms with Crippen molar-refractivity contribution in [1.82, 2.24) is 9.80 Å². The van der Waals surface area contributed by atoms with Gasteiger partial charge in [-0.05, 0) is 13.0 Å². The molecule has 0 atom stereocenters. The van der Waals surface area contributed by atoms with Gasteiger partial charge in [0.25, 0.3) is 0 Å². The monoisotopic (exact) mass is 184 g/mol. The van der Waals surface area contributed by atoms with Crippen molar-refractivity contribution in [3.63, 3.8) is 0 Å². The molecule has 0 unspecified atom stereocenters. The molecule has 13 heavy (non-hydrogen) atoms. The second kappa shape index (κ2) is 5.22. The fourth-order valence-corrected chi connectivity index (χ4v) is 1.76. The maximum Gasteiger partial charge on any atom is 0.222 e. The summed E-state index contributed by atoms with van der Waals surface area (Å²) in [5, 5.41) is 0. The van der Waals surface area contributed by atoms with Crippen LogP contribution in [0.4, 0.5) is 0 Å². The number of amides is 1. The number of rotatable bonds is 3. The largest absolute Gasteiger partial charge is 0.340 e. The van der Waals surface area contributed by atoms with Crippen LogP contribution in [-0.2, 0) is 4.79 Å². The van der Waals surface area contributed by atoms with E-state index in [0.717, 1.165) is 26.2 Å². The first-order valence-corrected chi connectivity index (χ1v) is 5.28. The fraction of sp³-hybridized carbons (Fsp3) is 0.900. The predicted molar refractivity (Wildman–Crippen MR) is 53.6 cm³/mol. The first-order valence-electron chi connectivity index (χ1n) is 5.28. The molecule has 0 radical (unpaired) electrons. The van der Waals surface area contributed by atoms with Crippen molar-refractivity contribution < 1.29 is 4.79 Å². The molecule has 1 rings (SSSR count). The molecule has 76 valence electrons. The Morgan fingerprint density at radius 2 is 1.77 bits per heavy atom. The second-order valence-electron chi connectivity index (χ2n) is 3.58. The third-order valence-electron chi connectivity index (χ3n) is 2.57. The lowest BCUT2D eigenvalue weighted by Crippen LogP contribution is -2.48. The van der Waals surface area contributed by atoms with Crippen LogP contribution in [0.5, 0.6) is 0 Å². The number of hydrogen-bond donors (Lipinski definition) is 0. The quantitative estimate of drug-likeness (QED) is 0.652. The Morgan fingerprint density at radius 3 is 2.23 bits per heavy atom. The Kier molecular flexibility index (Phi) is 4.22. The van der Waals surface area contributed by atoms with Crippen LogP contribution in [0.15, 0.2) is 0 Å². The minimum atomic E-state index is 0.302. The Hall–Kier alpha value is -0.570. The molecule has 0 N–H and O–H groups in total. The summed E-state index contributed by atoms with van der Waals surface area (Å²) >= 11 is 0. The smallest absolute Gasteiger partial charge is 0.222 e. The van der Waals surface area contributed by atoms with Crippen molar-refractivity contribution in [3.05, 3.63) is 0 Å². The zero-order valence-electron chi connectivity index (χ0n) is 8.75. The van der Waals surface area contributed by atoms with Gasteiger partial charge in [0.15, 0.2) is 0 Å². The van der Waals surface area contributed by atoms with Gasteiger partial charge in [-0.3, -0.25) is 9.69 Å². The van der Waals surface area contributed by atoms with Crippen LogP contribution in [0, 0.1) is 0 Å². The molecule has 0 aromatic carbocycles. The van der Waals surface area contributed by atoms with Gasteiger partial charge in [0.05, 0.1) is 0 Å². The second-order valence-corrected chi connectivity index (χ2v) is 3.58. The van der Waals surface area contributed by atoms with E-state index < -0.39 is 0 Å². The maximum absolute atomic E-state index is 11.3. The molecule has 0 spiro atoms. The van der Waals surface area contributed by atoms with Gasteiger partial charge < -0.3 is 4.90 Å². The molecule has 1 heterocycles. The van der Waals surface area contributed by atoms with Crippen LogP contribution in [0.2, 0.25) is 0 Å². The lowest BCUT2D eigenvalue weighted by Gasteiger charge is -2.34. The molecule has 0 aromatic heterocycles. The predicted octanol–water partition coefficient (Wildman–Crippen LogP) is 0.951. The fourth-order valence-electron chi connectivity index (χ4n) is 1.76. The van der Waals surface area contributed by atoms with E-state index in [0.29, 0.717) is 12.3 Å². The Bertz CT molecular complexity index is 162. The minimum Gasteiger partial charge on any atom is -0.340 e. The standard InChI is InChI=1S/C10H20N2O/c1-3-5-11-6-8-12(9-7-11)10(13)4-2/h3-9H2,1-2H3. The third kappa shape index (κ3) is 2.99. The van der Waals surface area contributed by atoms with Crippen LogP contribution < -0.4 is 0 Å². The van der Waals surface area contributed by atoms with Crippen LogP contribution in [-0.4, -0.2) is 48.4 Å². The third-order valence-corrected chi connectivity index (χ3v) is 2.57. The first kappa shape index (κ1) is 10.5. The number of nitrogens with zero attached hydrogens (tertiary/aromatic N) is 2. The Labute approximate surface area is 80.7 Å². The highest BCUT2D eigenvalue weighted by molar-refractivity contribution is 5.75. The van der Waals surface area contributed by atoms with Gasteiger partial charge in [0.1, 0.15) is 0 Å². The molecule has 3 nitrogen and oxygen atoms in total. The molecular formula is C10H20N2O. The van der Waals surface area contributed by atoms with Crippen molar-refractivity contribution in [2.45, 2.75) is 26.7 Å². The number of piperazine rings is 1. The Morgan fingerprint density at radius 1 is 1.15 bits per heavy atom. The molecule has 1 saturated heterocycles. The number of carbonyl (C=O) groups excluding carboxylic acids is 1. The zero-order valence-corrected chi connectivity index (χ0v) is 8.75. The van der Waals surface area contributed by atoms with Gasteiger partial charge in [0, 0.05) is 32.6 Å². The van der Waals surface area contributed by atoms with E-state index in [1.165, 1.54) is 13.0 Å². The highest BCUT2D eigenvalue weighted by atomic mass is 16.2. The summed E-state index contributed by atoms with van der Waals surface area (Å²) in [4.78, 5) is 15.7. The summed E-state index contributed by atoms with van der Waals surface area (Å²) in [6, 6.07) is 0. The molecule has 1 aliphatic heterocycles. The average molecular weight is 184 g/mol. The maximum atomic E-state index is 11.3. The van der Waals surface area contributed by atoms with Crippen molar-refractivity contribution in [1.29, 1.82) is 0 Å². The normalized spacial score (nSPS) is 19.1. The summed E-state index contributed by atoms with van der Waals surface area (Å²) in [7, 11) is 0. The number of carbonyl (C=O) groups is 1. The van der Waals surface area contributed by atoms with E-state index in [-0.39, 0.29) is 0 Å². The van der Waals surface area contributed by atoms with Crippen LogP contribution in [0.3, 0.4) is 0 Å². The van der Waals surface area contributed by atoms with Crippen molar-refractivity contribution >= 4 is 5.91 Å². The first-order chi connectivity index (χ1) is 6.27. The van der Waals surface area contributed by atoms with E-state index in [1.54, 1.807) is 0 Å². The van der Waals surface area contributed by atoms with Crippen LogP contribution >= 0.6 is 0 Å². The van der Waals surface area contributed by atoms with E-state index in [2.05, 4.69) is 11.8 Å². The molecular weight excluding hydrogens is 164 g/mol. The summed E-state index contributed by atoms with van der Waals surface area (Å²) in [6.07, 6.45) is 1.86. The summed E-state index contributed by atoms with van der Waals surface area (Å²) in [5.74, 6) is 0.302. The van der Waals surface area contributed by atoms with Gasteiger partial charge >= 0.3 is 0 Å². The van der Waals surface area contributed by atoms with Gasteiger partial charge in [-0.2, -0.15) is 0 Å². The van der Waals surface area contributed by atoms with Crippen molar-refractivity contribution in [2.75, 3.05) is 32.7 Å². The lowest BCUT2D eigenvalue weighted by molar-refractivity contribution is -0.132. The highest BCUT2D eigenvalue weighted by Crippen LogP contribution is 2.03. The van der Waals surface area contributed by atoms with Gasteiger partial charge in [0.2, 0.25) is 5.91 Å². The molecule has 0 aromatic rings. The van der Waals surface area contributed by atoms with Crippen molar-refractivity contribution in [2.24, 2.45) is 0 Å². The molecule has 3 heteroatoms. The van der Waals surface area contributed by atoms with Gasteiger partial charge in [-0.1, -0.05) is 13.8 Å². The number of hydrogen-bond acceptors (Lipinski definition) is 2.